The maximum absolute atomic E-state index is 12.1. The Kier molecular flexibility index (Phi) is 3.96. The third-order valence-electron chi connectivity index (χ3n) is 2.61. The molecule has 0 aliphatic carbocycles. The molecule has 0 radical (unpaired) electrons. The molecule has 3 nitrogen and oxygen atoms in total. The fourth-order valence-electron chi connectivity index (χ4n) is 1.61. The van der Waals surface area contributed by atoms with Gasteiger partial charge in [-0.1, -0.05) is 6.07 Å². The highest BCUT2D eigenvalue weighted by molar-refractivity contribution is 14.1. The normalized spacial score (nSPS) is 10.2. The third-order valence-corrected chi connectivity index (χ3v) is 3.28. The predicted molar refractivity (Wildman–Crippen MR) is 80.8 cm³/mol. The number of carbonyl (C=O) groups excluding carboxylic acids is 1. The van der Waals surface area contributed by atoms with E-state index in [4.69, 9.17) is 0 Å². The van der Waals surface area contributed by atoms with Crippen LogP contribution in [0, 0.1) is 17.4 Å². The largest absolute Gasteiger partial charge is 0.322 e. The molecule has 0 bridgehead atoms. The number of anilines is 1. The molecular formula is C14H13IN2O. The molecule has 1 aromatic carbocycles. The minimum Gasteiger partial charge on any atom is -0.322 e. The number of amides is 1. The molecule has 0 saturated heterocycles. The average molecular weight is 352 g/mol. The lowest BCUT2D eigenvalue weighted by Gasteiger charge is -2.09. The van der Waals surface area contributed by atoms with Crippen LogP contribution in [0.15, 0.2) is 36.5 Å². The first-order chi connectivity index (χ1) is 8.56. The van der Waals surface area contributed by atoms with Gasteiger partial charge in [0.05, 0.1) is 0 Å². The maximum Gasteiger partial charge on any atom is 0.255 e. The number of hydrogen-bond acceptors (Lipinski definition) is 2. The zero-order valence-corrected chi connectivity index (χ0v) is 12.4. The molecule has 2 aromatic rings. The van der Waals surface area contributed by atoms with Crippen LogP contribution < -0.4 is 5.32 Å². The summed E-state index contributed by atoms with van der Waals surface area (Å²) in [5.41, 5.74) is 3.36. The van der Waals surface area contributed by atoms with Crippen molar-refractivity contribution in [2.45, 2.75) is 13.8 Å². The van der Waals surface area contributed by atoms with E-state index in [1.54, 1.807) is 18.3 Å². The SMILES string of the molecule is Cc1cc(C(=O)Nc2cc(I)ccc2C)ccn1. The summed E-state index contributed by atoms with van der Waals surface area (Å²) in [4.78, 5) is 16.2. The van der Waals surface area contributed by atoms with E-state index in [1.807, 2.05) is 32.0 Å². The van der Waals surface area contributed by atoms with Gasteiger partial charge in [0.15, 0.2) is 0 Å². The number of nitrogens with one attached hydrogen (secondary N) is 1. The van der Waals surface area contributed by atoms with Crippen LogP contribution in [0.1, 0.15) is 21.6 Å². The van der Waals surface area contributed by atoms with Crippen LogP contribution in [0.25, 0.3) is 0 Å². The van der Waals surface area contributed by atoms with Gasteiger partial charge in [0.1, 0.15) is 0 Å². The smallest absolute Gasteiger partial charge is 0.255 e. The Balaban J connectivity index is 2.24. The second-order valence-electron chi connectivity index (χ2n) is 4.10. The molecule has 1 aromatic heterocycles. The van der Waals surface area contributed by atoms with Gasteiger partial charge in [-0.15, -0.1) is 0 Å². The van der Waals surface area contributed by atoms with E-state index in [1.165, 1.54) is 0 Å². The lowest BCUT2D eigenvalue weighted by Crippen LogP contribution is -2.13. The summed E-state index contributed by atoms with van der Waals surface area (Å²) in [7, 11) is 0. The van der Waals surface area contributed by atoms with Crippen LogP contribution in [-0.4, -0.2) is 10.9 Å². The number of carbonyl (C=O) groups is 1. The Morgan fingerprint density at radius 2 is 2.00 bits per heavy atom. The zero-order chi connectivity index (χ0) is 13.1. The number of benzene rings is 1. The number of halogens is 1. The summed E-state index contributed by atoms with van der Waals surface area (Å²) in [6.07, 6.45) is 1.64. The standard InChI is InChI=1S/C14H13IN2O/c1-9-3-4-12(15)8-13(9)17-14(18)11-5-6-16-10(2)7-11/h3-8H,1-2H3,(H,17,18). The summed E-state index contributed by atoms with van der Waals surface area (Å²) < 4.78 is 1.10. The lowest BCUT2D eigenvalue weighted by molar-refractivity contribution is 0.102. The Morgan fingerprint density at radius 1 is 1.22 bits per heavy atom. The predicted octanol–water partition coefficient (Wildman–Crippen LogP) is 3.56. The van der Waals surface area contributed by atoms with Crippen molar-refractivity contribution in [3.05, 3.63) is 56.9 Å². The molecular weight excluding hydrogens is 339 g/mol. The van der Waals surface area contributed by atoms with Crippen LogP contribution in [0.4, 0.5) is 5.69 Å². The van der Waals surface area contributed by atoms with Gasteiger partial charge in [-0.25, -0.2) is 0 Å². The van der Waals surface area contributed by atoms with E-state index in [2.05, 4.69) is 32.9 Å². The topological polar surface area (TPSA) is 42.0 Å². The van der Waals surface area contributed by atoms with Gasteiger partial charge in [0.25, 0.3) is 5.91 Å². The lowest BCUT2D eigenvalue weighted by atomic mass is 10.1. The first-order valence-electron chi connectivity index (χ1n) is 5.56. The molecule has 0 unspecified atom stereocenters. The minimum atomic E-state index is -0.106. The number of aryl methyl sites for hydroxylation is 2. The highest BCUT2D eigenvalue weighted by atomic mass is 127. The first kappa shape index (κ1) is 13.0. The molecule has 1 heterocycles. The summed E-state index contributed by atoms with van der Waals surface area (Å²) >= 11 is 2.23. The monoisotopic (exact) mass is 352 g/mol. The summed E-state index contributed by atoms with van der Waals surface area (Å²) in [6.45, 7) is 3.84. The molecule has 0 atom stereocenters. The molecule has 2 rings (SSSR count). The van der Waals surface area contributed by atoms with Crippen LogP contribution in [0.3, 0.4) is 0 Å². The van der Waals surface area contributed by atoms with Crippen molar-refractivity contribution in [1.29, 1.82) is 0 Å². The molecule has 0 aliphatic heterocycles. The summed E-state index contributed by atoms with van der Waals surface area (Å²) in [5, 5.41) is 2.92. The fraction of sp³-hybridized carbons (Fsp3) is 0.143. The Morgan fingerprint density at radius 3 is 2.72 bits per heavy atom. The molecule has 18 heavy (non-hydrogen) atoms. The fourth-order valence-corrected chi connectivity index (χ4v) is 2.10. The van der Waals surface area contributed by atoms with Gasteiger partial charge >= 0.3 is 0 Å². The molecule has 0 saturated carbocycles. The van der Waals surface area contributed by atoms with Gasteiger partial charge in [-0.2, -0.15) is 0 Å². The van der Waals surface area contributed by atoms with Gasteiger partial charge in [0, 0.05) is 26.7 Å². The van der Waals surface area contributed by atoms with E-state index in [0.29, 0.717) is 5.56 Å². The van der Waals surface area contributed by atoms with Crippen molar-refractivity contribution < 1.29 is 4.79 Å². The second-order valence-corrected chi connectivity index (χ2v) is 5.34. The van der Waals surface area contributed by atoms with Gasteiger partial charge in [0.2, 0.25) is 0 Å². The molecule has 1 amide bonds. The van der Waals surface area contributed by atoms with E-state index in [-0.39, 0.29) is 5.91 Å². The number of hydrogen-bond donors (Lipinski definition) is 1. The molecule has 1 N–H and O–H groups in total. The third kappa shape index (κ3) is 3.07. The van der Waals surface area contributed by atoms with Gasteiger partial charge in [-0.3, -0.25) is 9.78 Å². The minimum absolute atomic E-state index is 0.106. The molecule has 4 heteroatoms. The maximum atomic E-state index is 12.1. The quantitative estimate of drug-likeness (QED) is 0.840. The summed E-state index contributed by atoms with van der Waals surface area (Å²) in [5.74, 6) is -0.106. The number of rotatable bonds is 2. The van der Waals surface area contributed by atoms with E-state index < -0.39 is 0 Å². The summed E-state index contributed by atoms with van der Waals surface area (Å²) in [6, 6.07) is 9.46. The molecule has 0 aliphatic rings. The van der Waals surface area contributed by atoms with Crippen LogP contribution in [-0.2, 0) is 0 Å². The highest BCUT2D eigenvalue weighted by Gasteiger charge is 2.08. The van der Waals surface area contributed by atoms with Crippen molar-refractivity contribution in [2.75, 3.05) is 5.32 Å². The molecule has 92 valence electrons. The van der Waals surface area contributed by atoms with Crippen molar-refractivity contribution in [1.82, 2.24) is 4.98 Å². The van der Waals surface area contributed by atoms with Gasteiger partial charge in [-0.05, 0) is 66.3 Å². The number of aromatic nitrogens is 1. The number of nitrogens with zero attached hydrogens (tertiary/aromatic N) is 1. The van der Waals surface area contributed by atoms with E-state index >= 15 is 0 Å². The van der Waals surface area contributed by atoms with Crippen LogP contribution >= 0.6 is 22.6 Å². The zero-order valence-electron chi connectivity index (χ0n) is 10.2. The van der Waals surface area contributed by atoms with E-state index in [9.17, 15) is 4.79 Å². The van der Waals surface area contributed by atoms with Crippen LogP contribution in [0.2, 0.25) is 0 Å². The van der Waals surface area contributed by atoms with E-state index in [0.717, 1.165) is 20.5 Å². The molecule has 0 fully saturated rings. The molecule has 0 spiro atoms. The Labute approximate surface area is 120 Å². The highest BCUT2D eigenvalue weighted by Crippen LogP contribution is 2.19. The Bertz CT molecular complexity index is 596. The van der Waals surface area contributed by atoms with Crippen molar-refractivity contribution in [2.24, 2.45) is 0 Å². The van der Waals surface area contributed by atoms with Gasteiger partial charge < -0.3 is 5.32 Å². The number of pyridine rings is 1. The Hall–Kier alpha value is -1.43. The average Bonchev–Trinajstić information content (AvgIpc) is 2.34. The first-order valence-corrected chi connectivity index (χ1v) is 6.64. The van der Waals surface area contributed by atoms with Crippen molar-refractivity contribution in [3.63, 3.8) is 0 Å². The van der Waals surface area contributed by atoms with Crippen LogP contribution in [0.5, 0.6) is 0 Å². The second kappa shape index (κ2) is 5.48. The van der Waals surface area contributed by atoms with Crippen molar-refractivity contribution >= 4 is 34.2 Å². The van der Waals surface area contributed by atoms with Crippen molar-refractivity contribution in [3.8, 4) is 0 Å².